The molecule has 0 aromatic heterocycles. The largest absolute Gasteiger partial charge is 0.479 e. The molecule has 0 aliphatic carbocycles. The van der Waals surface area contributed by atoms with Crippen molar-refractivity contribution in [2.45, 2.75) is 13.0 Å². The Balaban J connectivity index is 1.94. The van der Waals surface area contributed by atoms with E-state index in [1.165, 1.54) is 31.3 Å². The molecule has 2 N–H and O–H groups in total. The minimum Gasteiger partial charge on any atom is -0.479 e. The van der Waals surface area contributed by atoms with Crippen molar-refractivity contribution in [2.75, 3.05) is 0 Å². The van der Waals surface area contributed by atoms with Crippen LogP contribution in [0.2, 0.25) is 0 Å². The molecule has 0 saturated heterocycles. The second-order valence-corrected chi connectivity index (χ2v) is 4.85. The fourth-order valence-corrected chi connectivity index (χ4v) is 1.76. The highest BCUT2D eigenvalue weighted by Gasteiger charge is 2.12. The number of ether oxygens (including phenoxy) is 1. The Bertz CT molecular complexity index is 759. The molecule has 0 radical (unpaired) electrons. The van der Waals surface area contributed by atoms with Crippen LogP contribution in [0.1, 0.15) is 22.8 Å². The number of nitrogens with one attached hydrogen (secondary N) is 1. The molecule has 0 heterocycles. The van der Waals surface area contributed by atoms with Crippen LogP contribution in [0.4, 0.5) is 4.39 Å². The van der Waals surface area contributed by atoms with Crippen LogP contribution in [-0.2, 0) is 4.79 Å². The highest BCUT2D eigenvalue weighted by atomic mass is 19.1. The van der Waals surface area contributed by atoms with Gasteiger partial charge < -0.3 is 9.84 Å². The Morgan fingerprint density at radius 2 is 1.88 bits per heavy atom. The number of aliphatic carboxylic acids is 1. The average Bonchev–Trinajstić information content (AvgIpc) is 2.56. The number of hydrogen-bond acceptors (Lipinski definition) is 4. The molecule has 2 aromatic carbocycles. The van der Waals surface area contributed by atoms with Crippen molar-refractivity contribution in [1.29, 1.82) is 0 Å². The van der Waals surface area contributed by atoms with Crippen molar-refractivity contribution in [2.24, 2.45) is 5.10 Å². The van der Waals surface area contributed by atoms with E-state index in [-0.39, 0.29) is 5.56 Å². The van der Waals surface area contributed by atoms with Gasteiger partial charge in [-0.3, -0.25) is 4.79 Å². The average molecular weight is 330 g/mol. The van der Waals surface area contributed by atoms with Crippen molar-refractivity contribution in [1.82, 2.24) is 5.43 Å². The van der Waals surface area contributed by atoms with Gasteiger partial charge >= 0.3 is 5.97 Å². The zero-order valence-corrected chi connectivity index (χ0v) is 12.8. The van der Waals surface area contributed by atoms with Crippen LogP contribution in [0.25, 0.3) is 0 Å². The zero-order chi connectivity index (χ0) is 17.5. The minimum absolute atomic E-state index is 0.0962. The van der Waals surface area contributed by atoms with Crippen LogP contribution in [0.15, 0.2) is 53.6 Å². The second-order valence-electron chi connectivity index (χ2n) is 4.85. The van der Waals surface area contributed by atoms with Gasteiger partial charge in [0.05, 0.1) is 11.8 Å². The molecule has 24 heavy (non-hydrogen) atoms. The van der Waals surface area contributed by atoms with Crippen LogP contribution < -0.4 is 10.2 Å². The standard InChI is InChI=1S/C17H15FN2O4/c1-11(17(22)23)24-13-8-6-12(7-9-13)10-19-20-16(21)14-4-2-3-5-15(14)18/h2-11H,1H3,(H,20,21)(H,22,23)/b19-10-/t11-/m1/s1. The first-order valence-corrected chi connectivity index (χ1v) is 7.05. The van der Waals surface area contributed by atoms with E-state index in [0.717, 1.165) is 0 Å². The summed E-state index contributed by atoms with van der Waals surface area (Å²) in [5, 5.41) is 12.5. The summed E-state index contributed by atoms with van der Waals surface area (Å²) in [4.78, 5) is 22.5. The lowest BCUT2D eigenvalue weighted by molar-refractivity contribution is -0.144. The lowest BCUT2D eigenvalue weighted by Crippen LogP contribution is -2.22. The molecule has 1 atom stereocenters. The van der Waals surface area contributed by atoms with E-state index in [1.54, 1.807) is 30.3 Å². The van der Waals surface area contributed by atoms with Gasteiger partial charge in [-0.1, -0.05) is 12.1 Å². The quantitative estimate of drug-likeness (QED) is 0.629. The third-order valence-corrected chi connectivity index (χ3v) is 3.04. The van der Waals surface area contributed by atoms with E-state index < -0.39 is 23.8 Å². The molecule has 0 aliphatic rings. The summed E-state index contributed by atoms with van der Waals surface area (Å²) in [7, 11) is 0. The lowest BCUT2D eigenvalue weighted by Gasteiger charge is -2.09. The van der Waals surface area contributed by atoms with Crippen molar-refractivity contribution in [3.8, 4) is 5.75 Å². The van der Waals surface area contributed by atoms with E-state index in [1.807, 2.05) is 0 Å². The molecule has 0 aliphatic heterocycles. The summed E-state index contributed by atoms with van der Waals surface area (Å²) in [6, 6.07) is 12.0. The summed E-state index contributed by atoms with van der Waals surface area (Å²) in [6.07, 6.45) is 0.424. The van der Waals surface area contributed by atoms with Gasteiger partial charge in [0.1, 0.15) is 11.6 Å². The summed E-state index contributed by atoms with van der Waals surface area (Å²) in [6.45, 7) is 1.43. The number of halogens is 1. The summed E-state index contributed by atoms with van der Waals surface area (Å²) >= 11 is 0. The SMILES string of the molecule is C[C@@H](Oc1ccc(/C=N\NC(=O)c2ccccc2F)cc1)C(=O)O. The topological polar surface area (TPSA) is 88.0 Å². The number of amides is 1. The molecular weight excluding hydrogens is 315 g/mol. The Morgan fingerprint density at radius 1 is 1.21 bits per heavy atom. The molecule has 1 amide bonds. The van der Waals surface area contributed by atoms with Gasteiger partial charge in [0, 0.05) is 0 Å². The Kier molecular flexibility index (Phi) is 5.62. The third-order valence-electron chi connectivity index (χ3n) is 3.04. The smallest absolute Gasteiger partial charge is 0.344 e. The number of carboxylic acid groups (broad SMARTS) is 1. The van der Waals surface area contributed by atoms with Gasteiger partial charge in [-0.25, -0.2) is 14.6 Å². The monoisotopic (exact) mass is 330 g/mol. The maximum atomic E-state index is 13.4. The van der Waals surface area contributed by atoms with E-state index in [9.17, 15) is 14.0 Å². The number of hydrazone groups is 1. The van der Waals surface area contributed by atoms with Gasteiger partial charge in [0.25, 0.3) is 5.91 Å². The Morgan fingerprint density at radius 3 is 2.50 bits per heavy atom. The zero-order valence-electron chi connectivity index (χ0n) is 12.8. The molecule has 2 rings (SSSR count). The van der Waals surface area contributed by atoms with E-state index in [2.05, 4.69) is 10.5 Å². The van der Waals surface area contributed by atoms with Crippen LogP contribution in [0.5, 0.6) is 5.75 Å². The van der Waals surface area contributed by atoms with E-state index in [0.29, 0.717) is 11.3 Å². The highest BCUT2D eigenvalue weighted by molar-refractivity contribution is 5.95. The molecule has 6 nitrogen and oxygen atoms in total. The second kappa shape index (κ2) is 7.87. The summed E-state index contributed by atoms with van der Waals surface area (Å²) < 4.78 is 18.6. The number of rotatable bonds is 6. The fraction of sp³-hybridized carbons (Fsp3) is 0.118. The molecule has 0 unspecified atom stereocenters. The summed E-state index contributed by atoms with van der Waals surface area (Å²) in [5.74, 6) is -1.94. The number of carbonyl (C=O) groups is 2. The Hall–Kier alpha value is -3.22. The molecule has 0 spiro atoms. The maximum absolute atomic E-state index is 13.4. The first-order valence-electron chi connectivity index (χ1n) is 7.05. The van der Waals surface area contributed by atoms with E-state index >= 15 is 0 Å². The maximum Gasteiger partial charge on any atom is 0.344 e. The van der Waals surface area contributed by atoms with Crippen LogP contribution in [-0.4, -0.2) is 29.3 Å². The molecule has 124 valence electrons. The van der Waals surface area contributed by atoms with Crippen molar-refractivity contribution >= 4 is 18.1 Å². The van der Waals surface area contributed by atoms with Crippen LogP contribution in [0.3, 0.4) is 0 Å². The van der Waals surface area contributed by atoms with Gasteiger partial charge in [-0.05, 0) is 48.9 Å². The van der Waals surface area contributed by atoms with Crippen molar-refractivity contribution in [3.63, 3.8) is 0 Å². The molecule has 0 saturated carbocycles. The predicted molar refractivity (Wildman–Crippen MR) is 85.6 cm³/mol. The number of benzene rings is 2. The number of carboxylic acids is 1. The molecular formula is C17H15FN2O4. The van der Waals surface area contributed by atoms with Gasteiger partial charge in [-0.2, -0.15) is 5.10 Å². The number of carbonyl (C=O) groups excluding carboxylic acids is 1. The van der Waals surface area contributed by atoms with Crippen LogP contribution in [0, 0.1) is 5.82 Å². The first kappa shape index (κ1) is 17.1. The van der Waals surface area contributed by atoms with Crippen molar-refractivity contribution < 1.29 is 23.8 Å². The van der Waals surface area contributed by atoms with Crippen molar-refractivity contribution in [3.05, 3.63) is 65.5 Å². The van der Waals surface area contributed by atoms with Gasteiger partial charge in [0.2, 0.25) is 0 Å². The molecule has 0 fully saturated rings. The van der Waals surface area contributed by atoms with Gasteiger partial charge in [0.15, 0.2) is 6.10 Å². The summed E-state index contributed by atoms with van der Waals surface area (Å²) in [5.41, 5.74) is 2.79. The number of hydrogen-bond donors (Lipinski definition) is 2. The lowest BCUT2D eigenvalue weighted by atomic mass is 10.2. The minimum atomic E-state index is -1.06. The van der Waals surface area contributed by atoms with Crippen LogP contribution >= 0.6 is 0 Å². The van der Waals surface area contributed by atoms with E-state index in [4.69, 9.17) is 9.84 Å². The van der Waals surface area contributed by atoms with Gasteiger partial charge in [-0.15, -0.1) is 0 Å². The molecule has 2 aromatic rings. The molecule has 0 bridgehead atoms. The fourth-order valence-electron chi connectivity index (χ4n) is 1.76. The predicted octanol–water partition coefficient (Wildman–Crippen LogP) is 2.44. The third kappa shape index (κ3) is 4.64. The highest BCUT2D eigenvalue weighted by Crippen LogP contribution is 2.13. The number of nitrogens with zero attached hydrogens (tertiary/aromatic N) is 1. The first-order chi connectivity index (χ1) is 11.5. The Labute approximate surface area is 137 Å². The molecule has 7 heteroatoms. The normalized spacial score (nSPS) is 11.9.